The predicted molar refractivity (Wildman–Crippen MR) is 50.9 cm³/mol. The van der Waals surface area contributed by atoms with Gasteiger partial charge in [0.25, 0.3) is 6.10 Å². The Hall–Kier alpha value is -1.36. The summed E-state index contributed by atoms with van der Waals surface area (Å²) in [6.45, 7) is 7.00. The van der Waals surface area contributed by atoms with Gasteiger partial charge in [0.05, 0.1) is 7.11 Å². The van der Waals surface area contributed by atoms with E-state index in [4.69, 9.17) is 5.11 Å². The third-order valence-electron chi connectivity index (χ3n) is 0.973. The molecular formula is C9H16O5. The molecule has 5 nitrogen and oxygen atoms in total. The highest BCUT2D eigenvalue weighted by molar-refractivity contribution is 5.96. The van der Waals surface area contributed by atoms with Crippen molar-refractivity contribution in [1.29, 1.82) is 0 Å². The third kappa shape index (κ3) is 7.30. The van der Waals surface area contributed by atoms with Crippen LogP contribution in [0.3, 0.4) is 0 Å². The van der Waals surface area contributed by atoms with E-state index in [1.165, 1.54) is 0 Å². The second-order valence-corrected chi connectivity index (χ2v) is 2.11. The Labute approximate surface area is 83.3 Å². The summed E-state index contributed by atoms with van der Waals surface area (Å²) in [5.74, 6) is -2.22. The zero-order valence-corrected chi connectivity index (χ0v) is 8.65. The first-order valence-corrected chi connectivity index (χ1v) is 4.04. The number of carbonyl (C=O) groups excluding carboxylic acids is 1. The van der Waals surface area contributed by atoms with Crippen LogP contribution in [0.2, 0.25) is 0 Å². The Balaban J connectivity index is 0. The van der Waals surface area contributed by atoms with Crippen molar-refractivity contribution >= 4 is 11.9 Å². The van der Waals surface area contributed by atoms with E-state index in [9.17, 15) is 9.59 Å². The lowest BCUT2D eigenvalue weighted by Gasteiger charge is -2.08. The molecule has 0 aliphatic rings. The van der Waals surface area contributed by atoms with Crippen molar-refractivity contribution in [2.75, 3.05) is 13.7 Å². The molecule has 0 spiro atoms. The van der Waals surface area contributed by atoms with Gasteiger partial charge in [0.2, 0.25) is 0 Å². The standard InChI is InChI=1S/C6H10O5.C3H6/c1-3-11-4(5(7)8)6(9)10-2;1-3-2/h4H,3H2,1-2H3,(H,7,8);3H,1H2,2H3. The van der Waals surface area contributed by atoms with Gasteiger partial charge < -0.3 is 14.6 Å². The first-order chi connectivity index (χ1) is 6.54. The second kappa shape index (κ2) is 9.73. The van der Waals surface area contributed by atoms with E-state index < -0.39 is 18.0 Å². The lowest BCUT2D eigenvalue weighted by Crippen LogP contribution is -2.33. The van der Waals surface area contributed by atoms with Gasteiger partial charge in [-0.25, -0.2) is 9.59 Å². The molecule has 0 amide bonds. The van der Waals surface area contributed by atoms with Crippen molar-refractivity contribution in [3.63, 3.8) is 0 Å². The number of ether oxygens (including phenoxy) is 2. The van der Waals surface area contributed by atoms with E-state index in [-0.39, 0.29) is 6.61 Å². The minimum atomic E-state index is -1.50. The molecule has 0 aliphatic heterocycles. The van der Waals surface area contributed by atoms with Crippen molar-refractivity contribution in [2.45, 2.75) is 20.0 Å². The lowest BCUT2D eigenvalue weighted by atomic mass is 10.4. The van der Waals surface area contributed by atoms with E-state index in [0.29, 0.717) is 0 Å². The number of aliphatic carboxylic acids is 1. The van der Waals surface area contributed by atoms with Gasteiger partial charge in [-0.1, -0.05) is 6.08 Å². The molecule has 1 unspecified atom stereocenters. The van der Waals surface area contributed by atoms with Gasteiger partial charge in [-0.3, -0.25) is 0 Å². The Morgan fingerprint density at radius 2 is 2.00 bits per heavy atom. The number of hydrogen-bond donors (Lipinski definition) is 1. The van der Waals surface area contributed by atoms with Gasteiger partial charge in [0.15, 0.2) is 0 Å². The van der Waals surface area contributed by atoms with Gasteiger partial charge in [0, 0.05) is 6.61 Å². The van der Waals surface area contributed by atoms with Crippen molar-refractivity contribution in [1.82, 2.24) is 0 Å². The lowest BCUT2D eigenvalue weighted by molar-refractivity contribution is -0.167. The molecule has 82 valence electrons. The predicted octanol–water partition coefficient (Wildman–Crippen LogP) is 0.841. The number of methoxy groups -OCH3 is 1. The van der Waals surface area contributed by atoms with E-state index in [0.717, 1.165) is 7.11 Å². The SMILES string of the molecule is C=CC.CCOC(C(=O)O)C(=O)OC. The van der Waals surface area contributed by atoms with Gasteiger partial charge in [0.1, 0.15) is 0 Å². The summed E-state index contributed by atoms with van der Waals surface area (Å²) in [4.78, 5) is 20.9. The molecule has 0 saturated carbocycles. The van der Waals surface area contributed by atoms with Crippen LogP contribution in [-0.2, 0) is 19.1 Å². The molecular weight excluding hydrogens is 188 g/mol. The van der Waals surface area contributed by atoms with Crippen LogP contribution in [0.4, 0.5) is 0 Å². The number of esters is 1. The van der Waals surface area contributed by atoms with Crippen LogP contribution >= 0.6 is 0 Å². The zero-order chi connectivity index (χ0) is 11.6. The molecule has 0 aliphatic carbocycles. The minimum Gasteiger partial charge on any atom is -0.479 e. The molecule has 0 aromatic carbocycles. The minimum absolute atomic E-state index is 0.159. The number of carbonyl (C=O) groups is 2. The monoisotopic (exact) mass is 204 g/mol. The van der Waals surface area contributed by atoms with Crippen LogP contribution < -0.4 is 0 Å². The number of rotatable bonds is 4. The molecule has 1 atom stereocenters. The van der Waals surface area contributed by atoms with Gasteiger partial charge in [-0.15, -0.1) is 6.58 Å². The number of allylic oxidation sites excluding steroid dienone is 1. The maximum atomic E-state index is 10.6. The largest absolute Gasteiger partial charge is 0.479 e. The summed E-state index contributed by atoms with van der Waals surface area (Å²) in [6.07, 6.45) is 0.255. The zero-order valence-electron chi connectivity index (χ0n) is 8.65. The number of carboxylic acid groups (broad SMARTS) is 1. The summed E-state index contributed by atoms with van der Waals surface area (Å²) in [6, 6.07) is 0. The van der Waals surface area contributed by atoms with E-state index in [2.05, 4.69) is 16.1 Å². The Bertz CT molecular complexity index is 188. The average Bonchev–Trinajstić information content (AvgIpc) is 2.14. The van der Waals surface area contributed by atoms with Crippen LogP contribution in [0.5, 0.6) is 0 Å². The van der Waals surface area contributed by atoms with Crippen molar-refractivity contribution in [3.05, 3.63) is 12.7 Å². The average molecular weight is 204 g/mol. The van der Waals surface area contributed by atoms with Crippen LogP contribution in [0.15, 0.2) is 12.7 Å². The molecule has 0 fully saturated rings. The molecule has 5 heteroatoms. The highest BCUT2D eigenvalue weighted by Crippen LogP contribution is 1.94. The van der Waals surface area contributed by atoms with Crippen LogP contribution in [0, 0.1) is 0 Å². The summed E-state index contributed by atoms with van der Waals surface area (Å²) in [5.41, 5.74) is 0. The van der Waals surface area contributed by atoms with Gasteiger partial charge >= 0.3 is 11.9 Å². The fourth-order valence-electron chi connectivity index (χ4n) is 0.514. The fraction of sp³-hybridized carbons (Fsp3) is 0.556. The Kier molecular flexibility index (Phi) is 10.5. The smallest absolute Gasteiger partial charge is 0.346 e. The molecule has 0 saturated heterocycles. The summed E-state index contributed by atoms with van der Waals surface area (Å²) >= 11 is 0. The maximum absolute atomic E-state index is 10.6. The highest BCUT2D eigenvalue weighted by atomic mass is 16.6. The number of hydrogen-bond acceptors (Lipinski definition) is 4. The van der Waals surface area contributed by atoms with Crippen LogP contribution in [0.25, 0.3) is 0 Å². The first kappa shape index (κ1) is 15.1. The molecule has 14 heavy (non-hydrogen) atoms. The molecule has 0 aromatic rings. The quantitative estimate of drug-likeness (QED) is 0.417. The summed E-state index contributed by atoms with van der Waals surface area (Å²) in [7, 11) is 1.11. The third-order valence-corrected chi connectivity index (χ3v) is 0.973. The van der Waals surface area contributed by atoms with Crippen molar-refractivity contribution in [3.8, 4) is 0 Å². The van der Waals surface area contributed by atoms with Crippen molar-refractivity contribution < 1.29 is 24.2 Å². The molecule has 1 N–H and O–H groups in total. The number of carboxylic acids is 1. The maximum Gasteiger partial charge on any atom is 0.346 e. The van der Waals surface area contributed by atoms with Gasteiger partial charge in [-0.2, -0.15) is 0 Å². The van der Waals surface area contributed by atoms with E-state index >= 15 is 0 Å². The molecule has 0 rings (SSSR count). The van der Waals surface area contributed by atoms with Crippen LogP contribution in [0.1, 0.15) is 13.8 Å². The summed E-state index contributed by atoms with van der Waals surface area (Å²) < 4.78 is 8.76. The van der Waals surface area contributed by atoms with Gasteiger partial charge in [-0.05, 0) is 13.8 Å². The molecule has 0 aromatic heterocycles. The Morgan fingerprint density at radius 3 is 2.21 bits per heavy atom. The van der Waals surface area contributed by atoms with E-state index in [1.807, 2.05) is 6.92 Å². The van der Waals surface area contributed by atoms with E-state index in [1.54, 1.807) is 13.0 Å². The molecule has 0 bridgehead atoms. The molecule has 0 heterocycles. The van der Waals surface area contributed by atoms with Crippen molar-refractivity contribution in [2.24, 2.45) is 0 Å². The normalized spacial score (nSPS) is 10.5. The highest BCUT2D eigenvalue weighted by Gasteiger charge is 2.27. The second-order valence-electron chi connectivity index (χ2n) is 2.11. The first-order valence-electron chi connectivity index (χ1n) is 4.04. The molecule has 0 radical (unpaired) electrons. The summed E-state index contributed by atoms with van der Waals surface area (Å²) in [5, 5.41) is 8.38. The fourth-order valence-corrected chi connectivity index (χ4v) is 0.514. The van der Waals surface area contributed by atoms with Crippen LogP contribution in [-0.4, -0.2) is 36.9 Å². The topological polar surface area (TPSA) is 72.8 Å². The Morgan fingerprint density at radius 1 is 1.57 bits per heavy atom.